The van der Waals surface area contributed by atoms with Crippen LogP contribution in [0.2, 0.25) is 0 Å². The molecule has 0 unspecified atom stereocenters. The summed E-state index contributed by atoms with van der Waals surface area (Å²) < 4.78 is 12.2. The van der Waals surface area contributed by atoms with Gasteiger partial charge < -0.3 is 14.6 Å². The third-order valence-electron chi connectivity index (χ3n) is 4.72. The molecular weight excluding hydrogens is 354 g/mol. The quantitative estimate of drug-likeness (QED) is 0.577. The molecule has 0 atom stereocenters. The number of hydrogen-bond donors (Lipinski definition) is 1. The standard InChI is InChI=1S/C23H19NO4/c1-27-19-10-3-15(4-11-19)22-13-16-5-12-20(28-2)14-21(16)23(26)24(22)17-6-8-18(25)9-7-17/h3-14,25H,1-2H3. The minimum atomic E-state index is -0.159. The number of pyridine rings is 1. The number of phenolic OH excluding ortho intramolecular Hbond substituents is 1. The molecular formula is C23H19NO4. The fraction of sp³-hybridized carbons (Fsp3) is 0.0870. The van der Waals surface area contributed by atoms with Gasteiger partial charge in [0.15, 0.2) is 0 Å². The average molecular weight is 373 g/mol. The second-order valence-corrected chi connectivity index (χ2v) is 6.37. The highest BCUT2D eigenvalue weighted by Gasteiger charge is 2.14. The minimum Gasteiger partial charge on any atom is -0.508 e. The first-order valence-electron chi connectivity index (χ1n) is 8.78. The molecule has 0 spiro atoms. The number of fused-ring (bicyclic) bond motifs is 1. The molecule has 1 aromatic heterocycles. The summed E-state index contributed by atoms with van der Waals surface area (Å²) in [5.74, 6) is 1.51. The lowest BCUT2D eigenvalue weighted by molar-refractivity contribution is 0.415. The van der Waals surface area contributed by atoms with E-state index >= 15 is 0 Å². The Kier molecular flexibility index (Phi) is 4.49. The smallest absolute Gasteiger partial charge is 0.263 e. The van der Waals surface area contributed by atoms with Crippen LogP contribution in [0.4, 0.5) is 0 Å². The largest absolute Gasteiger partial charge is 0.508 e. The third kappa shape index (κ3) is 3.07. The first-order chi connectivity index (χ1) is 13.6. The van der Waals surface area contributed by atoms with Gasteiger partial charge in [0.05, 0.1) is 25.3 Å². The molecule has 5 heteroatoms. The molecule has 0 saturated carbocycles. The number of methoxy groups -OCH3 is 2. The molecule has 5 nitrogen and oxygen atoms in total. The summed E-state index contributed by atoms with van der Waals surface area (Å²) in [6, 6.07) is 21.6. The molecule has 0 amide bonds. The highest BCUT2D eigenvalue weighted by molar-refractivity contribution is 5.87. The van der Waals surface area contributed by atoms with Crippen molar-refractivity contribution in [3.63, 3.8) is 0 Å². The van der Waals surface area contributed by atoms with E-state index < -0.39 is 0 Å². The van der Waals surface area contributed by atoms with Crippen molar-refractivity contribution in [2.24, 2.45) is 0 Å². The van der Waals surface area contributed by atoms with Crippen molar-refractivity contribution in [2.45, 2.75) is 0 Å². The van der Waals surface area contributed by atoms with Crippen molar-refractivity contribution in [1.29, 1.82) is 0 Å². The highest BCUT2D eigenvalue weighted by Crippen LogP contribution is 2.28. The Bertz CT molecular complexity index is 1190. The van der Waals surface area contributed by atoms with Gasteiger partial charge in [-0.15, -0.1) is 0 Å². The van der Waals surface area contributed by atoms with E-state index in [0.717, 1.165) is 22.4 Å². The zero-order valence-electron chi connectivity index (χ0n) is 15.5. The third-order valence-corrected chi connectivity index (χ3v) is 4.72. The zero-order valence-corrected chi connectivity index (χ0v) is 15.5. The molecule has 1 N–H and O–H groups in total. The number of hydrogen-bond acceptors (Lipinski definition) is 4. The summed E-state index contributed by atoms with van der Waals surface area (Å²) in [7, 11) is 3.19. The van der Waals surface area contributed by atoms with Gasteiger partial charge in [0.1, 0.15) is 17.2 Å². The highest BCUT2D eigenvalue weighted by atomic mass is 16.5. The molecule has 0 bridgehead atoms. The van der Waals surface area contributed by atoms with Gasteiger partial charge >= 0.3 is 0 Å². The Balaban J connectivity index is 2.04. The van der Waals surface area contributed by atoms with Crippen molar-refractivity contribution in [1.82, 2.24) is 4.57 Å². The van der Waals surface area contributed by atoms with Gasteiger partial charge in [0, 0.05) is 5.69 Å². The van der Waals surface area contributed by atoms with Gasteiger partial charge in [-0.3, -0.25) is 9.36 Å². The molecule has 140 valence electrons. The van der Waals surface area contributed by atoms with Crippen molar-refractivity contribution >= 4 is 10.8 Å². The molecule has 0 aliphatic carbocycles. The van der Waals surface area contributed by atoms with E-state index in [2.05, 4.69) is 0 Å². The Hall–Kier alpha value is -3.73. The SMILES string of the molecule is COc1ccc(-c2cc3ccc(OC)cc3c(=O)n2-c2ccc(O)cc2)cc1. The second-order valence-electron chi connectivity index (χ2n) is 6.37. The van der Waals surface area contributed by atoms with Crippen LogP contribution in [-0.2, 0) is 0 Å². The molecule has 3 aromatic carbocycles. The zero-order chi connectivity index (χ0) is 19.7. The Labute approximate surface area is 162 Å². The van der Waals surface area contributed by atoms with Crippen molar-refractivity contribution in [2.75, 3.05) is 14.2 Å². The first-order valence-corrected chi connectivity index (χ1v) is 8.78. The molecule has 0 saturated heterocycles. The fourth-order valence-electron chi connectivity index (χ4n) is 3.25. The number of aromatic hydroxyl groups is 1. The van der Waals surface area contributed by atoms with Gasteiger partial charge in [-0.25, -0.2) is 0 Å². The van der Waals surface area contributed by atoms with Crippen LogP contribution in [0, 0.1) is 0 Å². The predicted octanol–water partition coefficient (Wildman–Crippen LogP) is 4.38. The summed E-state index contributed by atoms with van der Waals surface area (Å²) in [4.78, 5) is 13.4. The Morgan fingerprint density at radius 2 is 1.43 bits per heavy atom. The maximum atomic E-state index is 13.4. The molecule has 4 aromatic rings. The maximum absolute atomic E-state index is 13.4. The van der Waals surface area contributed by atoms with Crippen LogP contribution in [-0.4, -0.2) is 23.9 Å². The van der Waals surface area contributed by atoms with Crippen LogP contribution in [0.1, 0.15) is 0 Å². The summed E-state index contributed by atoms with van der Waals surface area (Å²) in [5, 5.41) is 11.0. The number of aromatic nitrogens is 1. The number of phenols is 1. The Morgan fingerprint density at radius 1 is 0.786 bits per heavy atom. The minimum absolute atomic E-state index is 0.144. The number of rotatable bonds is 4. The van der Waals surface area contributed by atoms with Crippen molar-refractivity contribution in [3.8, 4) is 34.2 Å². The van der Waals surface area contributed by atoms with Crippen LogP contribution in [0.3, 0.4) is 0 Å². The topological polar surface area (TPSA) is 60.7 Å². The number of benzene rings is 3. The lowest BCUT2D eigenvalue weighted by Crippen LogP contribution is -2.20. The maximum Gasteiger partial charge on any atom is 0.263 e. The van der Waals surface area contributed by atoms with E-state index in [4.69, 9.17) is 9.47 Å². The number of ether oxygens (including phenoxy) is 2. The van der Waals surface area contributed by atoms with Gasteiger partial charge in [-0.05, 0) is 77.7 Å². The fourth-order valence-corrected chi connectivity index (χ4v) is 3.25. The van der Waals surface area contributed by atoms with Crippen LogP contribution in [0.25, 0.3) is 27.7 Å². The lowest BCUT2D eigenvalue weighted by Gasteiger charge is -2.16. The summed E-state index contributed by atoms with van der Waals surface area (Å²) >= 11 is 0. The summed E-state index contributed by atoms with van der Waals surface area (Å²) in [6.45, 7) is 0. The van der Waals surface area contributed by atoms with Gasteiger partial charge in [-0.1, -0.05) is 6.07 Å². The molecule has 0 aliphatic heterocycles. The van der Waals surface area contributed by atoms with E-state index in [-0.39, 0.29) is 11.3 Å². The van der Waals surface area contributed by atoms with Gasteiger partial charge in [-0.2, -0.15) is 0 Å². The number of nitrogens with zero attached hydrogens (tertiary/aromatic N) is 1. The monoisotopic (exact) mass is 373 g/mol. The van der Waals surface area contributed by atoms with Crippen LogP contribution < -0.4 is 15.0 Å². The first kappa shape index (κ1) is 17.7. The van der Waals surface area contributed by atoms with Crippen LogP contribution in [0.5, 0.6) is 17.2 Å². The van der Waals surface area contributed by atoms with E-state index in [1.165, 1.54) is 0 Å². The summed E-state index contributed by atoms with van der Waals surface area (Å²) in [5.41, 5.74) is 2.13. The van der Waals surface area contributed by atoms with Gasteiger partial charge in [0.2, 0.25) is 0 Å². The summed E-state index contributed by atoms with van der Waals surface area (Å²) in [6.07, 6.45) is 0. The van der Waals surface area contributed by atoms with Crippen molar-refractivity contribution < 1.29 is 14.6 Å². The van der Waals surface area contributed by atoms with Gasteiger partial charge in [0.25, 0.3) is 5.56 Å². The lowest BCUT2D eigenvalue weighted by atomic mass is 10.1. The molecule has 1 heterocycles. The van der Waals surface area contributed by atoms with Crippen molar-refractivity contribution in [3.05, 3.63) is 83.2 Å². The molecule has 0 aliphatic rings. The molecule has 0 radical (unpaired) electrons. The average Bonchev–Trinajstić information content (AvgIpc) is 2.74. The van der Waals surface area contributed by atoms with E-state index in [9.17, 15) is 9.90 Å². The molecule has 0 fully saturated rings. The Morgan fingerprint density at radius 3 is 2.07 bits per heavy atom. The molecule has 4 rings (SSSR count). The second kappa shape index (κ2) is 7.12. The normalized spacial score (nSPS) is 10.8. The van der Waals surface area contributed by atoms with Crippen LogP contribution in [0.15, 0.2) is 77.6 Å². The van der Waals surface area contributed by atoms with E-state index in [1.807, 2.05) is 42.5 Å². The van der Waals surface area contributed by atoms with E-state index in [1.54, 1.807) is 49.1 Å². The van der Waals surface area contributed by atoms with Crippen LogP contribution >= 0.6 is 0 Å². The van der Waals surface area contributed by atoms with E-state index in [0.29, 0.717) is 16.8 Å². The predicted molar refractivity (Wildman–Crippen MR) is 110 cm³/mol. The molecule has 28 heavy (non-hydrogen) atoms.